The number of anilines is 1. The summed E-state index contributed by atoms with van der Waals surface area (Å²) < 4.78 is 18.3. The maximum Gasteiger partial charge on any atom is 0.301 e. The fourth-order valence-electron chi connectivity index (χ4n) is 3.26. The summed E-state index contributed by atoms with van der Waals surface area (Å²) in [5.74, 6) is -2.05. The number of carbonyl (C=O) groups excluding carboxylic acids is 2. The van der Waals surface area contributed by atoms with Crippen LogP contribution in [0.4, 0.5) is 10.2 Å². The first-order chi connectivity index (χ1) is 13.9. The second kappa shape index (κ2) is 7.18. The summed E-state index contributed by atoms with van der Waals surface area (Å²) in [6.45, 7) is 1.66. The summed E-state index contributed by atoms with van der Waals surface area (Å²) in [5, 5.41) is 15.2. The molecule has 146 valence electrons. The third-order valence-electron chi connectivity index (χ3n) is 4.61. The zero-order chi connectivity index (χ0) is 20.7. The van der Waals surface area contributed by atoms with Crippen LogP contribution < -0.4 is 4.90 Å². The Morgan fingerprint density at radius 2 is 1.79 bits per heavy atom. The van der Waals surface area contributed by atoms with Gasteiger partial charge in [0.2, 0.25) is 0 Å². The van der Waals surface area contributed by atoms with Gasteiger partial charge in [-0.25, -0.2) is 4.39 Å². The smallest absolute Gasteiger partial charge is 0.301 e. The average molecular weight is 413 g/mol. The van der Waals surface area contributed by atoms with Crippen LogP contribution in [-0.2, 0) is 9.59 Å². The van der Waals surface area contributed by atoms with Crippen molar-refractivity contribution < 1.29 is 23.6 Å². The second-order valence-corrected chi connectivity index (χ2v) is 6.96. The van der Waals surface area contributed by atoms with Gasteiger partial charge < -0.3 is 9.63 Å². The normalized spacial score (nSPS) is 18.4. The first kappa shape index (κ1) is 18.9. The number of hydrogen-bond acceptors (Lipinski definition) is 5. The highest BCUT2D eigenvalue weighted by atomic mass is 35.5. The number of rotatable bonds is 3. The molecule has 4 rings (SSSR count). The number of aryl methyl sites for hydroxylation is 1. The molecule has 1 N–H and O–H groups in total. The van der Waals surface area contributed by atoms with Crippen LogP contribution in [0.2, 0.25) is 5.02 Å². The predicted molar refractivity (Wildman–Crippen MR) is 104 cm³/mol. The van der Waals surface area contributed by atoms with Crippen LogP contribution in [0.15, 0.2) is 64.7 Å². The van der Waals surface area contributed by atoms with Gasteiger partial charge in [0.25, 0.3) is 5.78 Å². The van der Waals surface area contributed by atoms with Crippen LogP contribution in [0.1, 0.15) is 22.9 Å². The summed E-state index contributed by atoms with van der Waals surface area (Å²) in [7, 11) is 0. The maximum atomic E-state index is 13.3. The standard InChI is InChI=1S/C21H14ClFN2O4/c1-11-10-16(24-29-11)25-18(12-2-6-14(22)7-3-12)17(20(27)21(25)28)19(26)13-4-8-15(23)9-5-13/h2-10,18,26H,1H3/b19-17+/t18-/m1/s1. The molecule has 0 radical (unpaired) electrons. The van der Waals surface area contributed by atoms with Crippen molar-refractivity contribution >= 4 is 34.9 Å². The molecular weight excluding hydrogens is 399 g/mol. The number of halogens is 2. The van der Waals surface area contributed by atoms with Crippen LogP contribution in [-0.4, -0.2) is 22.0 Å². The van der Waals surface area contributed by atoms with Crippen molar-refractivity contribution in [3.8, 4) is 0 Å². The summed E-state index contributed by atoms with van der Waals surface area (Å²) in [6.07, 6.45) is 0. The van der Waals surface area contributed by atoms with Crippen LogP contribution in [0.5, 0.6) is 0 Å². The van der Waals surface area contributed by atoms with E-state index in [2.05, 4.69) is 5.16 Å². The SMILES string of the molecule is Cc1cc(N2C(=O)C(=O)/C(=C(/O)c3ccc(F)cc3)[C@H]2c2ccc(Cl)cc2)no1. The number of ketones is 1. The van der Waals surface area contributed by atoms with Crippen LogP contribution in [0.25, 0.3) is 5.76 Å². The number of carbonyl (C=O) groups is 2. The zero-order valence-corrected chi connectivity index (χ0v) is 15.9. The second-order valence-electron chi connectivity index (χ2n) is 6.52. The van der Waals surface area contributed by atoms with E-state index in [1.165, 1.54) is 18.2 Å². The molecule has 1 aromatic heterocycles. The summed E-state index contributed by atoms with van der Waals surface area (Å²) >= 11 is 5.97. The van der Waals surface area contributed by atoms with Crippen molar-refractivity contribution in [2.75, 3.05) is 4.90 Å². The highest BCUT2D eigenvalue weighted by molar-refractivity contribution is 6.51. The minimum atomic E-state index is -0.957. The molecule has 0 bridgehead atoms. The largest absolute Gasteiger partial charge is 0.507 e. The lowest BCUT2D eigenvalue weighted by atomic mass is 9.95. The molecule has 1 atom stereocenters. The van der Waals surface area contributed by atoms with Gasteiger partial charge in [-0.15, -0.1) is 0 Å². The van der Waals surface area contributed by atoms with Gasteiger partial charge in [-0.1, -0.05) is 28.9 Å². The predicted octanol–water partition coefficient (Wildman–Crippen LogP) is 4.40. The molecule has 3 aromatic rings. The molecule has 2 aromatic carbocycles. The van der Waals surface area contributed by atoms with Gasteiger partial charge in [0, 0.05) is 16.7 Å². The third-order valence-corrected chi connectivity index (χ3v) is 4.86. The fraction of sp³-hybridized carbons (Fsp3) is 0.0952. The van der Waals surface area contributed by atoms with Crippen molar-refractivity contribution in [1.82, 2.24) is 5.16 Å². The topological polar surface area (TPSA) is 83.6 Å². The minimum absolute atomic E-state index is 0.135. The molecule has 0 saturated carbocycles. The van der Waals surface area contributed by atoms with Gasteiger partial charge in [-0.05, 0) is 48.9 Å². The quantitative estimate of drug-likeness (QED) is 0.391. The molecule has 1 aliphatic rings. The highest BCUT2D eigenvalue weighted by Crippen LogP contribution is 2.42. The van der Waals surface area contributed by atoms with Crippen LogP contribution >= 0.6 is 11.6 Å². The number of nitrogens with zero attached hydrogens (tertiary/aromatic N) is 2. The number of Topliss-reactive ketones (excluding diaryl/α,β-unsaturated/α-hetero) is 1. The van der Waals surface area contributed by atoms with E-state index in [0.717, 1.165) is 17.0 Å². The minimum Gasteiger partial charge on any atom is -0.507 e. The van der Waals surface area contributed by atoms with Crippen molar-refractivity contribution in [3.05, 3.63) is 87.9 Å². The summed E-state index contributed by atoms with van der Waals surface area (Å²) in [6, 6.07) is 12.1. The van der Waals surface area contributed by atoms with E-state index in [0.29, 0.717) is 16.3 Å². The monoisotopic (exact) mass is 412 g/mol. The van der Waals surface area contributed by atoms with E-state index < -0.39 is 29.3 Å². The Kier molecular flexibility index (Phi) is 4.68. The van der Waals surface area contributed by atoms with Crippen molar-refractivity contribution in [2.45, 2.75) is 13.0 Å². The number of aromatic nitrogens is 1. The average Bonchev–Trinajstić information content (AvgIpc) is 3.24. The molecule has 6 nitrogen and oxygen atoms in total. The van der Waals surface area contributed by atoms with Gasteiger partial charge in [-0.2, -0.15) is 0 Å². The van der Waals surface area contributed by atoms with Crippen LogP contribution in [0.3, 0.4) is 0 Å². The lowest BCUT2D eigenvalue weighted by Crippen LogP contribution is -2.29. The van der Waals surface area contributed by atoms with Gasteiger partial charge in [-0.3, -0.25) is 14.5 Å². The number of aliphatic hydroxyl groups excluding tert-OH is 1. The molecule has 1 saturated heterocycles. The molecule has 1 fully saturated rings. The molecule has 0 spiro atoms. The zero-order valence-electron chi connectivity index (χ0n) is 15.1. The Hall–Kier alpha value is -3.45. The Morgan fingerprint density at radius 3 is 2.38 bits per heavy atom. The van der Waals surface area contributed by atoms with Gasteiger partial charge >= 0.3 is 5.91 Å². The molecule has 0 unspecified atom stereocenters. The summed E-state index contributed by atoms with van der Waals surface area (Å²) in [4.78, 5) is 26.9. The van der Waals surface area contributed by atoms with E-state index in [-0.39, 0.29) is 17.0 Å². The van der Waals surface area contributed by atoms with Crippen molar-refractivity contribution in [1.29, 1.82) is 0 Å². The highest BCUT2D eigenvalue weighted by Gasteiger charge is 2.48. The molecule has 1 aliphatic heterocycles. The van der Waals surface area contributed by atoms with Gasteiger partial charge in [0.15, 0.2) is 5.82 Å². The van der Waals surface area contributed by atoms with E-state index in [4.69, 9.17) is 16.1 Å². The van der Waals surface area contributed by atoms with E-state index in [1.807, 2.05) is 0 Å². The maximum absolute atomic E-state index is 13.3. The lowest BCUT2D eigenvalue weighted by Gasteiger charge is -2.22. The van der Waals surface area contributed by atoms with E-state index in [1.54, 1.807) is 31.2 Å². The molecule has 1 amide bonds. The fourth-order valence-corrected chi connectivity index (χ4v) is 3.39. The number of amides is 1. The van der Waals surface area contributed by atoms with Crippen molar-refractivity contribution in [2.24, 2.45) is 0 Å². The van der Waals surface area contributed by atoms with Gasteiger partial charge in [0.05, 0.1) is 11.6 Å². The Morgan fingerprint density at radius 1 is 1.14 bits per heavy atom. The molecule has 29 heavy (non-hydrogen) atoms. The van der Waals surface area contributed by atoms with Gasteiger partial charge in [0.1, 0.15) is 17.3 Å². The van der Waals surface area contributed by atoms with Crippen LogP contribution in [0, 0.1) is 12.7 Å². The number of aliphatic hydroxyl groups is 1. The Labute approximate surface area is 169 Å². The number of hydrogen-bond donors (Lipinski definition) is 1. The molecule has 2 heterocycles. The molecule has 8 heteroatoms. The summed E-state index contributed by atoms with van der Waals surface area (Å²) in [5.41, 5.74) is 0.613. The first-order valence-corrected chi connectivity index (χ1v) is 9.00. The van der Waals surface area contributed by atoms with E-state index in [9.17, 15) is 19.1 Å². The van der Waals surface area contributed by atoms with Crippen molar-refractivity contribution in [3.63, 3.8) is 0 Å². The van der Waals surface area contributed by atoms with E-state index >= 15 is 0 Å². The first-order valence-electron chi connectivity index (χ1n) is 8.62. The number of benzene rings is 2. The third kappa shape index (κ3) is 3.30. The lowest BCUT2D eigenvalue weighted by molar-refractivity contribution is -0.132. The Balaban J connectivity index is 1.93. The Bertz CT molecular complexity index is 1140. The molecule has 0 aliphatic carbocycles. The molecular formula is C21H14ClFN2O4.